The minimum Gasteiger partial charge on any atom is -0.496 e. The third kappa shape index (κ3) is 2.33. The molecule has 3 rings (SSSR count). The fraction of sp³-hybridized carbons (Fsp3) is 0.158. The number of benzene rings is 3. The first kappa shape index (κ1) is 13.5. The highest BCUT2D eigenvalue weighted by Gasteiger charge is 2.12. The van der Waals surface area contributed by atoms with Crippen molar-refractivity contribution in [3.8, 4) is 16.9 Å². The zero-order valence-electron chi connectivity index (χ0n) is 12.6. The number of hydrogen-bond acceptors (Lipinski definition) is 2. The van der Waals surface area contributed by atoms with Gasteiger partial charge in [0.2, 0.25) is 0 Å². The zero-order valence-corrected chi connectivity index (χ0v) is 12.6. The van der Waals surface area contributed by atoms with Crippen LogP contribution >= 0.6 is 0 Å². The first-order chi connectivity index (χ1) is 10.2. The molecule has 2 heteroatoms. The molecular formula is C19H19NO. The van der Waals surface area contributed by atoms with E-state index in [1.807, 2.05) is 12.1 Å². The lowest BCUT2D eigenvalue weighted by Crippen LogP contribution is -2.09. The Morgan fingerprint density at radius 2 is 1.43 bits per heavy atom. The lowest BCUT2D eigenvalue weighted by Gasteiger charge is -2.19. The molecule has 0 aliphatic heterocycles. The van der Waals surface area contributed by atoms with Gasteiger partial charge in [0.05, 0.1) is 7.11 Å². The molecule has 0 heterocycles. The second kappa shape index (κ2) is 5.49. The lowest BCUT2D eigenvalue weighted by molar-refractivity contribution is 0.420. The number of methoxy groups -OCH3 is 1. The molecule has 0 N–H and O–H groups in total. The minimum atomic E-state index is 0.914. The Kier molecular flexibility index (Phi) is 3.53. The van der Waals surface area contributed by atoms with Crippen LogP contribution in [0.1, 0.15) is 0 Å². The molecule has 0 atom stereocenters. The molecule has 0 aliphatic carbocycles. The maximum absolute atomic E-state index is 5.58. The Balaban J connectivity index is 2.36. The molecular weight excluding hydrogens is 258 g/mol. The van der Waals surface area contributed by atoms with Crippen LogP contribution in [0.2, 0.25) is 0 Å². The van der Waals surface area contributed by atoms with Crippen molar-refractivity contribution in [2.75, 3.05) is 26.1 Å². The Labute approximate surface area is 125 Å². The van der Waals surface area contributed by atoms with Crippen LogP contribution in [0.4, 0.5) is 5.69 Å². The van der Waals surface area contributed by atoms with Crippen molar-refractivity contribution in [2.45, 2.75) is 0 Å². The summed E-state index contributed by atoms with van der Waals surface area (Å²) >= 11 is 0. The maximum atomic E-state index is 5.58. The molecule has 0 amide bonds. The average molecular weight is 277 g/mol. The van der Waals surface area contributed by atoms with Gasteiger partial charge in [0.15, 0.2) is 0 Å². The number of anilines is 1. The molecule has 106 valence electrons. The second-order valence-electron chi connectivity index (χ2n) is 5.28. The van der Waals surface area contributed by atoms with Gasteiger partial charge in [-0.3, -0.25) is 0 Å². The van der Waals surface area contributed by atoms with Crippen LogP contribution in [0.25, 0.3) is 21.9 Å². The van der Waals surface area contributed by atoms with Crippen LogP contribution in [0, 0.1) is 0 Å². The van der Waals surface area contributed by atoms with E-state index in [1.54, 1.807) is 7.11 Å². The van der Waals surface area contributed by atoms with E-state index in [4.69, 9.17) is 4.74 Å². The van der Waals surface area contributed by atoms with Gasteiger partial charge in [-0.2, -0.15) is 0 Å². The smallest absolute Gasteiger partial charge is 0.127 e. The van der Waals surface area contributed by atoms with Gasteiger partial charge >= 0.3 is 0 Å². The summed E-state index contributed by atoms with van der Waals surface area (Å²) in [5.41, 5.74) is 3.63. The van der Waals surface area contributed by atoms with Crippen LogP contribution in [0.15, 0.2) is 60.7 Å². The van der Waals surface area contributed by atoms with E-state index >= 15 is 0 Å². The molecule has 0 saturated carbocycles. The van der Waals surface area contributed by atoms with Crippen LogP contribution < -0.4 is 9.64 Å². The van der Waals surface area contributed by atoms with E-state index in [0.717, 1.165) is 11.1 Å². The monoisotopic (exact) mass is 277 g/mol. The lowest BCUT2D eigenvalue weighted by atomic mass is 9.96. The van der Waals surface area contributed by atoms with Crippen molar-refractivity contribution in [1.82, 2.24) is 0 Å². The molecule has 0 aromatic heterocycles. The zero-order chi connectivity index (χ0) is 14.8. The number of rotatable bonds is 3. The van der Waals surface area contributed by atoms with Crippen LogP contribution in [0.5, 0.6) is 5.75 Å². The summed E-state index contributed by atoms with van der Waals surface area (Å²) in [7, 11) is 5.87. The Morgan fingerprint density at radius 3 is 2.14 bits per heavy atom. The Hall–Kier alpha value is -2.48. The van der Waals surface area contributed by atoms with Gasteiger partial charge in [-0.15, -0.1) is 0 Å². The Morgan fingerprint density at radius 1 is 0.762 bits per heavy atom. The van der Waals surface area contributed by atoms with E-state index < -0.39 is 0 Å². The van der Waals surface area contributed by atoms with Crippen LogP contribution in [-0.4, -0.2) is 21.2 Å². The van der Waals surface area contributed by atoms with Crippen LogP contribution in [0.3, 0.4) is 0 Å². The van der Waals surface area contributed by atoms with Crippen molar-refractivity contribution in [1.29, 1.82) is 0 Å². The SMILES string of the molecule is COc1cccc2cccc(-c3ccccc3N(C)C)c12. The topological polar surface area (TPSA) is 12.5 Å². The van der Waals surface area contributed by atoms with Gasteiger partial charge in [0.1, 0.15) is 5.75 Å². The average Bonchev–Trinajstić information content (AvgIpc) is 2.53. The number of ether oxygens (including phenoxy) is 1. The number of fused-ring (bicyclic) bond motifs is 1. The predicted molar refractivity (Wildman–Crippen MR) is 90.3 cm³/mol. The van der Waals surface area contributed by atoms with E-state index in [2.05, 4.69) is 67.5 Å². The summed E-state index contributed by atoms with van der Waals surface area (Å²) in [6.07, 6.45) is 0. The fourth-order valence-corrected chi connectivity index (χ4v) is 2.79. The predicted octanol–water partition coefficient (Wildman–Crippen LogP) is 4.58. The van der Waals surface area contributed by atoms with Gasteiger partial charge in [0, 0.05) is 30.7 Å². The standard InChI is InChI=1S/C19H19NO/c1-20(2)17-12-5-4-10-15(17)16-11-6-8-14-9-7-13-18(21-3)19(14)16/h4-13H,1-3H3. The Bertz CT molecular complexity index is 772. The first-order valence-electron chi connectivity index (χ1n) is 7.05. The second-order valence-corrected chi connectivity index (χ2v) is 5.28. The molecule has 21 heavy (non-hydrogen) atoms. The highest BCUT2D eigenvalue weighted by Crippen LogP contribution is 2.38. The molecule has 0 bridgehead atoms. The third-order valence-corrected chi connectivity index (χ3v) is 3.76. The van der Waals surface area contributed by atoms with Crippen molar-refractivity contribution in [3.63, 3.8) is 0 Å². The number of hydrogen-bond donors (Lipinski definition) is 0. The van der Waals surface area contributed by atoms with E-state index in [0.29, 0.717) is 0 Å². The molecule has 2 nitrogen and oxygen atoms in total. The number of para-hydroxylation sites is 1. The highest BCUT2D eigenvalue weighted by atomic mass is 16.5. The van der Waals surface area contributed by atoms with E-state index in [1.165, 1.54) is 22.2 Å². The summed E-state index contributed by atoms with van der Waals surface area (Å²) < 4.78 is 5.58. The summed E-state index contributed by atoms with van der Waals surface area (Å²) in [4.78, 5) is 2.14. The maximum Gasteiger partial charge on any atom is 0.127 e. The summed E-state index contributed by atoms with van der Waals surface area (Å²) in [6.45, 7) is 0. The summed E-state index contributed by atoms with van der Waals surface area (Å²) in [6, 6.07) is 21.0. The quantitative estimate of drug-likeness (QED) is 0.694. The van der Waals surface area contributed by atoms with Crippen molar-refractivity contribution in [3.05, 3.63) is 60.7 Å². The third-order valence-electron chi connectivity index (χ3n) is 3.76. The van der Waals surface area contributed by atoms with Gasteiger partial charge in [-0.25, -0.2) is 0 Å². The normalized spacial score (nSPS) is 10.6. The summed E-state index contributed by atoms with van der Waals surface area (Å²) in [5.74, 6) is 0.914. The number of nitrogens with zero attached hydrogens (tertiary/aromatic N) is 1. The van der Waals surface area contributed by atoms with Crippen LogP contribution in [-0.2, 0) is 0 Å². The van der Waals surface area contributed by atoms with E-state index in [-0.39, 0.29) is 0 Å². The van der Waals surface area contributed by atoms with Gasteiger partial charge < -0.3 is 9.64 Å². The summed E-state index contributed by atoms with van der Waals surface area (Å²) in [5, 5.41) is 2.36. The molecule has 0 saturated heterocycles. The minimum absolute atomic E-state index is 0.914. The van der Waals surface area contributed by atoms with Crippen molar-refractivity contribution in [2.24, 2.45) is 0 Å². The van der Waals surface area contributed by atoms with Gasteiger partial charge in [0.25, 0.3) is 0 Å². The van der Waals surface area contributed by atoms with Gasteiger partial charge in [-0.1, -0.05) is 48.5 Å². The molecule has 0 fully saturated rings. The van der Waals surface area contributed by atoms with Crippen molar-refractivity contribution >= 4 is 16.5 Å². The molecule has 3 aromatic carbocycles. The molecule has 0 unspecified atom stereocenters. The van der Waals surface area contributed by atoms with Crippen molar-refractivity contribution < 1.29 is 4.74 Å². The molecule has 3 aromatic rings. The largest absolute Gasteiger partial charge is 0.496 e. The molecule has 0 radical (unpaired) electrons. The van der Waals surface area contributed by atoms with E-state index in [9.17, 15) is 0 Å². The molecule has 0 aliphatic rings. The first-order valence-corrected chi connectivity index (χ1v) is 7.05. The van der Waals surface area contributed by atoms with Gasteiger partial charge in [-0.05, 0) is 23.1 Å². The molecule has 0 spiro atoms. The fourth-order valence-electron chi connectivity index (χ4n) is 2.79. The highest BCUT2D eigenvalue weighted by molar-refractivity contribution is 6.03.